The number of benzene rings is 3. The summed E-state index contributed by atoms with van der Waals surface area (Å²) in [6, 6.07) is 36.8. The summed E-state index contributed by atoms with van der Waals surface area (Å²) in [5.41, 5.74) is 12.9. The maximum Gasteiger partial charge on any atom is 2.00 e. The molecule has 53 heavy (non-hydrogen) atoms. The van der Waals surface area contributed by atoms with Crippen LogP contribution in [-0.2, 0) is 42.7 Å². The molecule has 0 aliphatic carbocycles. The van der Waals surface area contributed by atoms with E-state index in [0.717, 1.165) is 56.1 Å². The quantitative estimate of drug-likeness (QED) is 0.166. The normalized spacial score (nSPS) is 12.8. The van der Waals surface area contributed by atoms with E-state index in [2.05, 4.69) is 173 Å². The van der Waals surface area contributed by atoms with Crippen molar-refractivity contribution < 1.29 is 21.1 Å². The first-order valence-electron chi connectivity index (χ1n) is 18.5. The van der Waals surface area contributed by atoms with E-state index in [1.54, 1.807) is 0 Å². The van der Waals surface area contributed by atoms with Crippen molar-refractivity contribution in [2.45, 2.75) is 105 Å². The van der Waals surface area contributed by atoms with E-state index in [1.807, 2.05) is 18.3 Å². The molecule has 4 aromatic heterocycles. The van der Waals surface area contributed by atoms with Gasteiger partial charge in [0.2, 0.25) is 0 Å². The van der Waals surface area contributed by atoms with Gasteiger partial charge in [-0.05, 0) is 60.9 Å². The fraction of sp³-hybridized carbons (Fsp3) is 0.333. The molecule has 3 aromatic carbocycles. The van der Waals surface area contributed by atoms with Gasteiger partial charge in [0.1, 0.15) is 0 Å². The summed E-state index contributed by atoms with van der Waals surface area (Å²) in [5, 5.41) is 2.29. The van der Waals surface area contributed by atoms with E-state index in [9.17, 15) is 0 Å². The smallest absolute Gasteiger partial charge is 0.439 e. The van der Waals surface area contributed by atoms with Crippen molar-refractivity contribution in [1.82, 2.24) is 19.5 Å². The van der Waals surface area contributed by atoms with Crippen LogP contribution in [0.4, 0.5) is 0 Å². The van der Waals surface area contributed by atoms with Gasteiger partial charge in [-0.2, -0.15) is 0 Å². The van der Waals surface area contributed by atoms with Gasteiger partial charge in [0, 0.05) is 23.0 Å². The summed E-state index contributed by atoms with van der Waals surface area (Å²) < 4.78 is 2.24. The Balaban J connectivity index is 0.00000481. The molecule has 0 N–H and O–H groups in total. The van der Waals surface area contributed by atoms with E-state index < -0.39 is 0 Å². The molecular formula is C48H52N4Pt. The molecular weight excluding hydrogens is 828 g/mol. The number of pyridine rings is 2. The van der Waals surface area contributed by atoms with Gasteiger partial charge in [-0.15, -0.1) is 18.2 Å². The number of hydrogen-bond acceptors (Lipinski definition) is 2. The fourth-order valence-electron chi connectivity index (χ4n) is 6.83. The zero-order valence-corrected chi connectivity index (χ0v) is 35.6. The van der Waals surface area contributed by atoms with E-state index in [4.69, 9.17) is 15.0 Å². The molecule has 0 aliphatic rings. The Kier molecular flexibility index (Phi) is 9.82. The van der Waals surface area contributed by atoms with Gasteiger partial charge >= 0.3 is 21.1 Å². The van der Waals surface area contributed by atoms with Crippen molar-refractivity contribution in [1.29, 1.82) is 0 Å². The molecule has 0 bridgehead atoms. The minimum absolute atomic E-state index is 0. The number of fused-ring (bicyclic) bond motifs is 3. The molecule has 0 saturated carbocycles. The van der Waals surface area contributed by atoms with Gasteiger partial charge in [-0.1, -0.05) is 184 Å². The van der Waals surface area contributed by atoms with Crippen molar-refractivity contribution in [3.8, 4) is 39.5 Å². The molecule has 0 saturated heterocycles. The number of nitrogens with zero attached hydrogens (tertiary/aromatic N) is 4. The van der Waals surface area contributed by atoms with Crippen LogP contribution >= 0.6 is 0 Å². The summed E-state index contributed by atoms with van der Waals surface area (Å²) >= 11 is 0. The third-order valence-electron chi connectivity index (χ3n) is 10.2. The minimum atomic E-state index is -0.0660. The maximum absolute atomic E-state index is 5.48. The topological polar surface area (TPSA) is 44.8 Å². The van der Waals surface area contributed by atoms with Crippen LogP contribution < -0.4 is 4.98 Å². The van der Waals surface area contributed by atoms with Crippen LogP contribution in [0.2, 0.25) is 0 Å². The van der Waals surface area contributed by atoms with Crippen molar-refractivity contribution in [2.24, 2.45) is 0 Å². The van der Waals surface area contributed by atoms with Crippen LogP contribution in [0.25, 0.3) is 61.4 Å². The van der Waals surface area contributed by atoms with Crippen molar-refractivity contribution in [2.75, 3.05) is 0 Å². The van der Waals surface area contributed by atoms with Gasteiger partial charge < -0.3 is 9.55 Å². The first-order chi connectivity index (χ1) is 24.3. The Bertz CT molecular complexity index is 2400. The molecule has 0 radical (unpaired) electrons. The molecule has 0 spiro atoms. The predicted molar refractivity (Wildman–Crippen MR) is 220 cm³/mol. The zero-order chi connectivity index (χ0) is 37.4. The second kappa shape index (κ2) is 13.5. The van der Waals surface area contributed by atoms with Gasteiger partial charge in [-0.25, -0.2) is 0 Å². The second-order valence-electron chi connectivity index (χ2n) is 18.5. The largest absolute Gasteiger partial charge is 2.00 e. The van der Waals surface area contributed by atoms with E-state index >= 15 is 0 Å². The standard InChI is InChI=1S/C48H52N4.Pt/c1-45(2,3)34-16-19-41-38(29-34)37-17-18-40(50-44(37)52(41)43-21-20-42(51-43)48(10,11)12)33-24-30(23-32(25-33)39-15-13-14-22-49-39)31-26-35(46(4,5)6)28-36(27-31)47(7,8)9;/h13-24,26-29H,1-12H3;/q-2;+2. The van der Waals surface area contributed by atoms with E-state index in [1.165, 1.54) is 27.6 Å². The Morgan fingerprint density at radius 1 is 0.547 bits per heavy atom. The third-order valence-corrected chi connectivity index (χ3v) is 10.2. The van der Waals surface area contributed by atoms with Gasteiger partial charge in [-0.3, -0.25) is 9.97 Å². The van der Waals surface area contributed by atoms with Gasteiger partial charge in [0.15, 0.2) is 0 Å². The molecule has 0 fully saturated rings. The first kappa shape index (κ1) is 38.5. The summed E-state index contributed by atoms with van der Waals surface area (Å²) in [5.74, 6) is 0.888. The van der Waals surface area contributed by atoms with E-state index in [0.29, 0.717) is 0 Å². The van der Waals surface area contributed by atoms with Crippen molar-refractivity contribution in [3.05, 3.63) is 126 Å². The van der Waals surface area contributed by atoms with Gasteiger partial charge in [0.05, 0.1) is 5.65 Å². The van der Waals surface area contributed by atoms with Crippen LogP contribution in [0.15, 0.2) is 97.2 Å². The zero-order valence-electron chi connectivity index (χ0n) is 33.3. The van der Waals surface area contributed by atoms with Gasteiger partial charge in [0.25, 0.3) is 0 Å². The minimum Gasteiger partial charge on any atom is -0.439 e. The Labute approximate surface area is 330 Å². The molecule has 4 nitrogen and oxygen atoms in total. The van der Waals surface area contributed by atoms with Crippen molar-refractivity contribution >= 4 is 21.9 Å². The number of rotatable bonds is 4. The predicted octanol–water partition coefficient (Wildman–Crippen LogP) is 12.5. The van der Waals surface area contributed by atoms with E-state index in [-0.39, 0.29) is 42.7 Å². The molecule has 0 amide bonds. The molecule has 0 unspecified atom stereocenters. The Morgan fingerprint density at radius 2 is 1.17 bits per heavy atom. The average Bonchev–Trinajstić information content (AvgIpc) is 3.70. The molecule has 7 rings (SSSR count). The molecule has 0 atom stereocenters. The third kappa shape index (κ3) is 7.58. The fourth-order valence-corrected chi connectivity index (χ4v) is 6.83. The summed E-state index contributed by atoms with van der Waals surface area (Å²) in [4.78, 5) is 15.4. The molecule has 7 aromatic rings. The molecule has 5 heteroatoms. The van der Waals surface area contributed by atoms with Crippen LogP contribution in [0.3, 0.4) is 0 Å². The SMILES string of the molecule is CC(C)(C)c1cc(-c2cc(-c3ccccn3)[c-]c(-c3ccc4c5cc(C(C)(C)C)ccc5n(-c5ccc(C(C)(C)C)[n-]5)c4n3)c2)cc(C(C)(C)C)c1.[Pt+2]. The monoisotopic (exact) mass is 879 g/mol. The Morgan fingerprint density at radius 3 is 1.74 bits per heavy atom. The summed E-state index contributed by atoms with van der Waals surface area (Å²) in [6.07, 6.45) is 1.85. The van der Waals surface area contributed by atoms with Crippen LogP contribution in [0.5, 0.6) is 0 Å². The van der Waals surface area contributed by atoms with Crippen LogP contribution in [0, 0.1) is 6.07 Å². The summed E-state index contributed by atoms with van der Waals surface area (Å²) in [6.45, 7) is 27.2. The number of hydrogen-bond donors (Lipinski definition) is 0. The average molecular weight is 880 g/mol. The van der Waals surface area contributed by atoms with Crippen LogP contribution in [-0.4, -0.2) is 14.5 Å². The Hall–Kier alpha value is -4.27. The maximum atomic E-state index is 5.48. The molecule has 274 valence electrons. The molecule has 4 heterocycles. The van der Waals surface area contributed by atoms with Crippen molar-refractivity contribution in [3.63, 3.8) is 0 Å². The summed E-state index contributed by atoms with van der Waals surface area (Å²) in [7, 11) is 0. The second-order valence-corrected chi connectivity index (χ2v) is 18.5. The molecule has 0 aliphatic heterocycles. The van der Waals surface area contributed by atoms with Crippen LogP contribution in [0.1, 0.15) is 105 Å². The number of aromatic nitrogens is 4. The first-order valence-corrected chi connectivity index (χ1v) is 18.5.